The number of nitrogen functional groups attached to an aromatic ring is 1. The van der Waals surface area contributed by atoms with Gasteiger partial charge in [0.25, 0.3) is 5.91 Å². The van der Waals surface area contributed by atoms with Crippen LogP contribution in [0.2, 0.25) is 5.02 Å². The molecule has 0 radical (unpaired) electrons. The van der Waals surface area contributed by atoms with Gasteiger partial charge in [0, 0.05) is 31.9 Å². The van der Waals surface area contributed by atoms with Crippen LogP contribution < -0.4 is 5.73 Å². The predicted octanol–water partition coefficient (Wildman–Crippen LogP) is 1.63. The van der Waals surface area contributed by atoms with Gasteiger partial charge in [0.2, 0.25) is 0 Å². The summed E-state index contributed by atoms with van der Waals surface area (Å²) in [6, 6.07) is 2.13. The van der Waals surface area contributed by atoms with E-state index in [0.29, 0.717) is 16.6 Å². The Balaban J connectivity index is 1.77. The summed E-state index contributed by atoms with van der Waals surface area (Å²) in [6.07, 6.45) is 4.96. The summed E-state index contributed by atoms with van der Waals surface area (Å²) in [5.41, 5.74) is 6.11. The molecule has 0 spiro atoms. The minimum Gasteiger partial charge on any atom is -0.382 e. The second kappa shape index (κ2) is 5.58. The van der Waals surface area contributed by atoms with Gasteiger partial charge in [0.1, 0.15) is 5.82 Å². The first kappa shape index (κ1) is 13.6. The molecule has 2 saturated heterocycles. The molecule has 108 valence electrons. The predicted molar refractivity (Wildman–Crippen MR) is 78.8 cm³/mol. The third kappa shape index (κ3) is 2.60. The molecule has 2 fully saturated rings. The summed E-state index contributed by atoms with van der Waals surface area (Å²) in [5.74, 6) is 0.272. The Morgan fingerprint density at radius 1 is 1.35 bits per heavy atom. The summed E-state index contributed by atoms with van der Waals surface area (Å²) in [7, 11) is 0. The Morgan fingerprint density at radius 3 is 2.95 bits per heavy atom. The molecule has 1 unspecified atom stereocenters. The SMILES string of the molecule is Nc1ncc(C(=O)N2CCCN3CCCC3C2)cc1Cl. The first-order chi connectivity index (χ1) is 9.65. The maximum atomic E-state index is 12.6. The van der Waals surface area contributed by atoms with Gasteiger partial charge in [-0.3, -0.25) is 9.69 Å². The lowest BCUT2D eigenvalue weighted by Crippen LogP contribution is -2.39. The van der Waals surface area contributed by atoms with E-state index >= 15 is 0 Å². The molecule has 2 N–H and O–H groups in total. The Labute approximate surface area is 123 Å². The van der Waals surface area contributed by atoms with E-state index in [0.717, 1.165) is 26.1 Å². The number of rotatable bonds is 1. The smallest absolute Gasteiger partial charge is 0.255 e. The van der Waals surface area contributed by atoms with E-state index in [9.17, 15) is 4.79 Å². The van der Waals surface area contributed by atoms with Crippen LogP contribution in [0.5, 0.6) is 0 Å². The van der Waals surface area contributed by atoms with Crippen LogP contribution in [-0.4, -0.2) is 52.9 Å². The number of hydrogen-bond acceptors (Lipinski definition) is 4. The lowest BCUT2D eigenvalue weighted by molar-refractivity contribution is 0.0743. The number of nitrogens with two attached hydrogens (primary N) is 1. The summed E-state index contributed by atoms with van der Waals surface area (Å²) in [5, 5.41) is 0.341. The van der Waals surface area contributed by atoms with Crippen molar-refractivity contribution in [2.45, 2.75) is 25.3 Å². The second-order valence-corrected chi connectivity index (χ2v) is 5.93. The number of carbonyl (C=O) groups excluding carboxylic acids is 1. The number of carbonyl (C=O) groups is 1. The molecule has 2 aliphatic rings. The van der Waals surface area contributed by atoms with Gasteiger partial charge in [0.15, 0.2) is 0 Å². The van der Waals surface area contributed by atoms with Crippen molar-refractivity contribution >= 4 is 23.3 Å². The summed E-state index contributed by atoms with van der Waals surface area (Å²) in [6.45, 7) is 3.87. The van der Waals surface area contributed by atoms with Gasteiger partial charge in [-0.1, -0.05) is 11.6 Å². The van der Waals surface area contributed by atoms with Crippen LogP contribution in [0.4, 0.5) is 5.82 Å². The van der Waals surface area contributed by atoms with Gasteiger partial charge >= 0.3 is 0 Å². The number of hydrogen-bond donors (Lipinski definition) is 1. The van der Waals surface area contributed by atoms with Crippen molar-refractivity contribution in [1.82, 2.24) is 14.8 Å². The van der Waals surface area contributed by atoms with Gasteiger partial charge in [-0.2, -0.15) is 0 Å². The summed E-state index contributed by atoms with van der Waals surface area (Å²) < 4.78 is 0. The molecule has 20 heavy (non-hydrogen) atoms. The van der Waals surface area contributed by atoms with Crippen LogP contribution in [0.3, 0.4) is 0 Å². The van der Waals surface area contributed by atoms with Gasteiger partial charge in [-0.25, -0.2) is 4.98 Å². The Kier molecular flexibility index (Phi) is 3.81. The molecule has 0 bridgehead atoms. The van der Waals surface area contributed by atoms with E-state index in [1.165, 1.54) is 25.6 Å². The number of halogens is 1. The molecule has 2 aliphatic heterocycles. The van der Waals surface area contributed by atoms with Crippen LogP contribution in [0.1, 0.15) is 29.6 Å². The van der Waals surface area contributed by atoms with E-state index in [1.807, 2.05) is 4.90 Å². The van der Waals surface area contributed by atoms with E-state index in [2.05, 4.69) is 9.88 Å². The zero-order valence-corrected chi connectivity index (χ0v) is 12.1. The monoisotopic (exact) mass is 294 g/mol. The highest BCUT2D eigenvalue weighted by atomic mass is 35.5. The molecule has 6 heteroatoms. The summed E-state index contributed by atoms with van der Waals surface area (Å²) in [4.78, 5) is 21.0. The topological polar surface area (TPSA) is 62.5 Å². The van der Waals surface area contributed by atoms with Crippen molar-refractivity contribution in [3.05, 3.63) is 22.8 Å². The molecule has 1 amide bonds. The van der Waals surface area contributed by atoms with Crippen LogP contribution in [0.15, 0.2) is 12.3 Å². The quantitative estimate of drug-likeness (QED) is 0.855. The standard InChI is InChI=1S/C14H19ClN4O/c15-12-7-10(8-17-13(12)16)14(20)19-6-2-5-18-4-1-3-11(18)9-19/h7-8,11H,1-6,9H2,(H2,16,17). The molecule has 3 heterocycles. The van der Waals surface area contributed by atoms with E-state index in [-0.39, 0.29) is 11.7 Å². The molecular formula is C14H19ClN4O. The zero-order chi connectivity index (χ0) is 14.1. The largest absolute Gasteiger partial charge is 0.382 e. The lowest BCUT2D eigenvalue weighted by Gasteiger charge is -2.25. The van der Waals surface area contributed by atoms with Crippen LogP contribution in [0, 0.1) is 0 Å². The molecule has 0 aromatic carbocycles. The van der Waals surface area contributed by atoms with Crippen LogP contribution in [-0.2, 0) is 0 Å². The van der Waals surface area contributed by atoms with Crippen LogP contribution >= 0.6 is 11.6 Å². The fraction of sp³-hybridized carbons (Fsp3) is 0.571. The first-order valence-corrected chi connectivity index (χ1v) is 7.47. The maximum Gasteiger partial charge on any atom is 0.255 e. The highest BCUT2D eigenvalue weighted by Gasteiger charge is 2.30. The first-order valence-electron chi connectivity index (χ1n) is 7.09. The molecule has 1 aromatic heterocycles. The van der Waals surface area contributed by atoms with Gasteiger partial charge in [-0.05, 0) is 31.9 Å². The number of fused-ring (bicyclic) bond motifs is 1. The average molecular weight is 295 g/mol. The highest BCUT2D eigenvalue weighted by Crippen LogP contribution is 2.23. The average Bonchev–Trinajstić information content (AvgIpc) is 2.78. The molecule has 5 nitrogen and oxygen atoms in total. The van der Waals surface area contributed by atoms with E-state index in [4.69, 9.17) is 17.3 Å². The lowest BCUT2D eigenvalue weighted by atomic mass is 10.2. The molecule has 1 aromatic rings. The van der Waals surface area contributed by atoms with Gasteiger partial charge in [0.05, 0.1) is 10.6 Å². The number of nitrogens with zero attached hydrogens (tertiary/aromatic N) is 3. The van der Waals surface area contributed by atoms with Crippen molar-refractivity contribution < 1.29 is 4.79 Å². The van der Waals surface area contributed by atoms with Crippen LogP contribution in [0.25, 0.3) is 0 Å². The third-order valence-electron chi connectivity index (χ3n) is 4.21. The van der Waals surface area contributed by atoms with Crippen molar-refractivity contribution in [1.29, 1.82) is 0 Å². The van der Waals surface area contributed by atoms with Crippen molar-refractivity contribution in [2.75, 3.05) is 31.9 Å². The fourth-order valence-corrected chi connectivity index (χ4v) is 3.31. The third-order valence-corrected chi connectivity index (χ3v) is 4.51. The number of pyridine rings is 1. The highest BCUT2D eigenvalue weighted by molar-refractivity contribution is 6.33. The van der Waals surface area contributed by atoms with Gasteiger partial charge < -0.3 is 10.6 Å². The minimum absolute atomic E-state index is 0.00755. The number of amides is 1. The van der Waals surface area contributed by atoms with Crippen molar-refractivity contribution in [2.24, 2.45) is 0 Å². The molecule has 0 saturated carbocycles. The molecule has 1 atom stereocenters. The van der Waals surface area contributed by atoms with Crippen molar-refractivity contribution in [3.8, 4) is 0 Å². The van der Waals surface area contributed by atoms with E-state index in [1.54, 1.807) is 6.07 Å². The molecule has 0 aliphatic carbocycles. The number of aromatic nitrogens is 1. The van der Waals surface area contributed by atoms with Gasteiger partial charge in [-0.15, -0.1) is 0 Å². The molecule has 3 rings (SSSR count). The Hall–Kier alpha value is -1.33. The number of anilines is 1. The van der Waals surface area contributed by atoms with Crippen molar-refractivity contribution in [3.63, 3.8) is 0 Å². The second-order valence-electron chi connectivity index (χ2n) is 5.53. The molecular weight excluding hydrogens is 276 g/mol. The zero-order valence-electron chi connectivity index (χ0n) is 11.4. The Morgan fingerprint density at radius 2 is 2.15 bits per heavy atom. The normalized spacial score (nSPS) is 23.4. The summed E-state index contributed by atoms with van der Waals surface area (Å²) >= 11 is 5.95. The Bertz CT molecular complexity index is 522. The van der Waals surface area contributed by atoms with E-state index < -0.39 is 0 Å². The maximum absolute atomic E-state index is 12.6. The minimum atomic E-state index is 0.00755. The fourth-order valence-electron chi connectivity index (χ4n) is 3.14.